The molecular formula is C19H24N4O2. The van der Waals surface area contributed by atoms with Crippen LogP contribution in [0.25, 0.3) is 11.3 Å². The van der Waals surface area contributed by atoms with Crippen LogP contribution in [0.3, 0.4) is 0 Å². The lowest BCUT2D eigenvalue weighted by Gasteiger charge is -2.16. The Bertz CT molecular complexity index is 697. The topological polar surface area (TPSA) is 67.3 Å². The lowest BCUT2D eigenvalue weighted by atomic mass is 10.1. The van der Waals surface area contributed by atoms with Gasteiger partial charge >= 0.3 is 0 Å². The van der Waals surface area contributed by atoms with E-state index >= 15 is 0 Å². The van der Waals surface area contributed by atoms with E-state index in [2.05, 4.69) is 20.2 Å². The minimum atomic E-state index is -0.0666. The van der Waals surface area contributed by atoms with Crippen LogP contribution >= 0.6 is 0 Å². The minimum Gasteiger partial charge on any atom is -0.385 e. The lowest BCUT2D eigenvalue weighted by molar-refractivity contribution is 0.0948. The van der Waals surface area contributed by atoms with Crippen molar-refractivity contribution in [3.63, 3.8) is 0 Å². The van der Waals surface area contributed by atoms with E-state index in [4.69, 9.17) is 4.74 Å². The fourth-order valence-electron chi connectivity index (χ4n) is 2.94. The van der Waals surface area contributed by atoms with Crippen LogP contribution in [0.15, 0.2) is 36.7 Å². The molecule has 1 aliphatic rings. The van der Waals surface area contributed by atoms with Crippen molar-refractivity contribution < 1.29 is 9.53 Å². The summed E-state index contributed by atoms with van der Waals surface area (Å²) in [6.07, 6.45) is 4.85. The molecule has 0 atom stereocenters. The van der Waals surface area contributed by atoms with Gasteiger partial charge in [-0.3, -0.25) is 4.79 Å². The molecule has 1 aromatic carbocycles. The van der Waals surface area contributed by atoms with Crippen LogP contribution in [0, 0.1) is 0 Å². The second-order valence-electron chi connectivity index (χ2n) is 6.14. The predicted octanol–water partition coefficient (Wildman–Crippen LogP) is 2.51. The molecule has 132 valence electrons. The number of carbonyl (C=O) groups excluding carboxylic acids is 1. The molecule has 0 aliphatic carbocycles. The highest BCUT2D eigenvalue weighted by Crippen LogP contribution is 2.23. The highest BCUT2D eigenvalue weighted by molar-refractivity contribution is 5.94. The van der Waals surface area contributed by atoms with Crippen LogP contribution in [0.2, 0.25) is 0 Å². The molecule has 0 saturated carbocycles. The fourth-order valence-corrected chi connectivity index (χ4v) is 2.94. The number of hydrogen-bond acceptors (Lipinski definition) is 5. The average molecular weight is 340 g/mol. The number of amides is 1. The van der Waals surface area contributed by atoms with Crippen molar-refractivity contribution >= 4 is 11.7 Å². The smallest absolute Gasteiger partial charge is 0.251 e. The zero-order valence-corrected chi connectivity index (χ0v) is 14.6. The molecule has 1 saturated heterocycles. The Morgan fingerprint density at radius 1 is 1.20 bits per heavy atom. The van der Waals surface area contributed by atoms with Gasteiger partial charge in [0.1, 0.15) is 12.1 Å². The van der Waals surface area contributed by atoms with Gasteiger partial charge in [-0.2, -0.15) is 0 Å². The van der Waals surface area contributed by atoms with E-state index in [1.165, 1.54) is 12.8 Å². The Hall–Kier alpha value is -2.47. The predicted molar refractivity (Wildman–Crippen MR) is 97.7 cm³/mol. The molecule has 25 heavy (non-hydrogen) atoms. The first kappa shape index (κ1) is 17.4. The maximum atomic E-state index is 12.1. The molecule has 0 bridgehead atoms. The number of anilines is 1. The molecule has 1 N–H and O–H groups in total. The number of ether oxygens (including phenoxy) is 1. The van der Waals surface area contributed by atoms with Gasteiger partial charge in [0.25, 0.3) is 5.91 Å². The maximum absolute atomic E-state index is 12.1. The average Bonchev–Trinajstić information content (AvgIpc) is 3.20. The normalized spacial score (nSPS) is 13.9. The number of nitrogens with one attached hydrogen (secondary N) is 1. The number of carbonyl (C=O) groups is 1. The van der Waals surface area contributed by atoms with Gasteiger partial charge in [0.15, 0.2) is 0 Å². The van der Waals surface area contributed by atoms with Crippen LogP contribution in [-0.4, -0.2) is 49.2 Å². The summed E-state index contributed by atoms with van der Waals surface area (Å²) in [5, 5.41) is 2.89. The number of methoxy groups -OCH3 is 1. The molecule has 1 aliphatic heterocycles. The first-order valence-corrected chi connectivity index (χ1v) is 8.72. The Balaban J connectivity index is 1.65. The highest BCUT2D eigenvalue weighted by Gasteiger charge is 2.14. The van der Waals surface area contributed by atoms with E-state index < -0.39 is 0 Å². The zero-order chi connectivity index (χ0) is 17.5. The molecule has 2 aromatic rings. The first-order valence-electron chi connectivity index (χ1n) is 8.72. The molecule has 2 heterocycles. The van der Waals surface area contributed by atoms with Crippen LogP contribution in [0.1, 0.15) is 29.6 Å². The number of benzene rings is 1. The standard InChI is InChI=1S/C19H24N4O2/c1-25-12-4-9-20-19(24)16-7-5-15(6-8-16)17-13-18(22-14-21-17)23-10-2-3-11-23/h5-8,13-14H,2-4,9-12H2,1H3,(H,20,24). The third-order valence-corrected chi connectivity index (χ3v) is 4.34. The van der Waals surface area contributed by atoms with Crippen LogP contribution in [0.5, 0.6) is 0 Å². The van der Waals surface area contributed by atoms with E-state index in [0.29, 0.717) is 18.7 Å². The van der Waals surface area contributed by atoms with E-state index in [9.17, 15) is 4.79 Å². The monoisotopic (exact) mass is 340 g/mol. The second kappa shape index (κ2) is 8.58. The number of rotatable bonds is 7. The third kappa shape index (κ3) is 4.54. The Morgan fingerprint density at radius 2 is 1.96 bits per heavy atom. The van der Waals surface area contributed by atoms with Gasteiger partial charge in [0, 0.05) is 50.5 Å². The first-order chi connectivity index (χ1) is 12.3. The molecule has 0 radical (unpaired) electrons. The van der Waals surface area contributed by atoms with Crippen molar-refractivity contribution in [1.82, 2.24) is 15.3 Å². The van der Waals surface area contributed by atoms with E-state index in [1.54, 1.807) is 13.4 Å². The molecule has 1 aromatic heterocycles. The van der Waals surface area contributed by atoms with Crippen molar-refractivity contribution in [3.8, 4) is 11.3 Å². The third-order valence-electron chi connectivity index (χ3n) is 4.34. The maximum Gasteiger partial charge on any atom is 0.251 e. The summed E-state index contributed by atoms with van der Waals surface area (Å²) in [4.78, 5) is 23.1. The lowest BCUT2D eigenvalue weighted by Crippen LogP contribution is -2.25. The fraction of sp³-hybridized carbons (Fsp3) is 0.421. The van der Waals surface area contributed by atoms with Gasteiger partial charge in [-0.15, -0.1) is 0 Å². The SMILES string of the molecule is COCCCNC(=O)c1ccc(-c2cc(N3CCCC3)ncn2)cc1. The van der Waals surface area contributed by atoms with Crippen molar-refractivity contribution in [2.75, 3.05) is 38.3 Å². The summed E-state index contributed by atoms with van der Waals surface area (Å²) in [6.45, 7) is 3.36. The van der Waals surface area contributed by atoms with Gasteiger partial charge < -0.3 is 15.0 Å². The number of hydrogen-bond donors (Lipinski definition) is 1. The summed E-state index contributed by atoms with van der Waals surface area (Å²) < 4.78 is 4.97. The van der Waals surface area contributed by atoms with Gasteiger partial charge in [-0.1, -0.05) is 12.1 Å². The van der Waals surface area contributed by atoms with E-state index in [0.717, 1.165) is 36.6 Å². The molecule has 0 unspecified atom stereocenters. The Kier molecular flexibility index (Phi) is 5.95. The summed E-state index contributed by atoms with van der Waals surface area (Å²) in [5.41, 5.74) is 2.51. The van der Waals surface area contributed by atoms with E-state index in [1.807, 2.05) is 30.3 Å². The van der Waals surface area contributed by atoms with Gasteiger partial charge in [-0.25, -0.2) is 9.97 Å². The molecule has 3 rings (SSSR count). The molecular weight excluding hydrogens is 316 g/mol. The zero-order valence-electron chi connectivity index (χ0n) is 14.6. The molecule has 1 amide bonds. The molecule has 0 spiro atoms. The van der Waals surface area contributed by atoms with Gasteiger partial charge in [0.2, 0.25) is 0 Å². The summed E-state index contributed by atoms with van der Waals surface area (Å²) in [5.74, 6) is 0.908. The Morgan fingerprint density at radius 3 is 2.68 bits per heavy atom. The Labute approximate surface area is 148 Å². The summed E-state index contributed by atoms with van der Waals surface area (Å²) in [6, 6.07) is 9.54. The van der Waals surface area contributed by atoms with Crippen molar-refractivity contribution in [3.05, 3.63) is 42.2 Å². The van der Waals surface area contributed by atoms with Gasteiger partial charge in [-0.05, 0) is 31.4 Å². The largest absolute Gasteiger partial charge is 0.385 e. The summed E-state index contributed by atoms with van der Waals surface area (Å²) >= 11 is 0. The van der Waals surface area contributed by atoms with Crippen molar-refractivity contribution in [1.29, 1.82) is 0 Å². The summed E-state index contributed by atoms with van der Waals surface area (Å²) in [7, 11) is 1.66. The minimum absolute atomic E-state index is 0.0666. The quantitative estimate of drug-likeness (QED) is 0.785. The van der Waals surface area contributed by atoms with Gasteiger partial charge in [0.05, 0.1) is 5.69 Å². The molecule has 6 nitrogen and oxygen atoms in total. The van der Waals surface area contributed by atoms with Crippen LogP contribution in [-0.2, 0) is 4.74 Å². The van der Waals surface area contributed by atoms with Crippen LogP contribution in [0.4, 0.5) is 5.82 Å². The number of aromatic nitrogens is 2. The highest BCUT2D eigenvalue weighted by atomic mass is 16.5. The molecule has 1 fully saturated rings. The van der Waals surface area contributed by atoms with Crippen LogP contribution < -0.4 is 10.2 Å². The second-order valence-corrected chi connectivity index (χ2v) is 6.14. The van der Waals surface area contributed by atoms with Crippen molar-refractivity contribution in [2.24, 2.45) is 0 Å². The number of nitrogens with zero attached hydrogens (tertiary/aromatic N) is 3. The van der Waals surface area contributed by atoms with E-state index in [-0.39, 0.29) is 5.91 Å². The molecule has 6 heteroatoms. The van der Waals surface area contributed by atoms with Crippen molar-refractivity contribution in [2.45, 2.75) is 19.3 Å².